The molecule has 0 spiro atoms. The molecule has 2 N–H and O–H groups in total. The minimum absolute atomic E-state index is 0.00317. The molecular weight excluding hydrogens is 408 g/mol. The van der Waals surface area contributed by atoms with Gasteiger partial charge in [0.05, 0.1) is 18.8 Å². The van der Waals surface area contributed by atoms with E-state index in [-0.39, 0.29) is 24.3 Å². The zero-order valence-corrected chi connectivity index (χ0v) is 15.7. The first-order chi connectivity index (χ1) is 13.8. The van der Waals surface area contributed by atoms with Gasteiger partial charge in [0.25, 0.3) is 5.91 Å². The third-order valence-electron chi connectivity index (χ3n) is 4.76. The van der Waals surface area contributed by atoms with E-state index in [4.69, 9.17) is 0 Å². The highest BCUT2D eigenvalue weighted by molar-refractivity contribution is 7.09. The van der Waals surface area contributed by atoms with E-state index < -0.39 is 30.0 Å². The van der Waals surface area contributed by atoms with Gasteiger partial charge in [0.1, 0.15) is 17.2 Å². The maximum Gasteiger partial charge on any atom is 0.410 e. The van der Waals surface area contributed by atoms with Gasteiger partial charge in [0, 0.05) is 11.3 Å². The number of rotatable bonds is 4. The second kappa shape index (κ2) is 7.51. The number of anilines is 1. The number of hydrogen-bond acceptors (Lipinski definition) is 4. The summed E-state index contributed by atoms with van der Waals surface area (Å²) in [5.74, 6) is -1.000. The molecule has 152 valence electrons. The number of nitrogens with zero attached hydrogens (tertiary/aromatic N) is 2. The predicted octanol–water partition coefficient (Wildman–Crippen LogP) is 4.67. The lowest BCUT2D eigenvalue weighted by molar-refractivity contribution is -0.173. The van der Waals surface area contributed by atoms with Crippen molar-refractivity contribution in [2.45, 2.75) is 31.2 Å². The Labute approximate surface area is 167 Å². The van der Waals surface area contributed by atoms with Crippen LogP contribution in [0, 0.1) is 5.82 Å². The Morgan fingerprint density at radius 3 is 2.69 bits per heavy atom. The largest absolute Gasteiger partial charge is 0.410 e. The molecule has 0 bridgehead atoms. The van der Waals surface area contributed by atoms with Gasteiger partial charge < -0.3 is 10.6 Å². The lowest BCUT2D eigenvalue weighted by Gasteiger charge is -2.34. The van der Waals surface area contributed by atoms with E-state index in [1.54, 1.807) is 0 Å². The van der Waals surface area contributed by atoms with Crippen molar-refractivity contribution in [2.24, 2.45) is 0 Å². The van der Waals surface area contributed by atoms with Crippen molar-refractivity contribution in [3.05, 3.63) is 69.8 Å². The molecule has 0 radical (unpaired) electrons. The molecule has 4 rings (SSSR count). The molecule has 3 heterocycles. The van der Waals surface area contributed by atoms with Gasteiger partial charge in [-0.1, -0.05) is 18.2 Å². The van der Waals surface area contributed by atoms with Gasteiger partial charge in [0.15, 0.2) is 6.04 Å². The van der Waals surface area contributed by atoms with Gasteiger partial charge >= 0.3 is 6.18 Å². The molecule has 3 aromatic rings. The topological polar surface area (TPSA) is 59.0 Å². The monoisotopic (exact) mass is 424 g/mol. The average Bonchev–Trinajstić information content (AvgIpc) is 3.35. The first kappa shape index (κ1) is 19.4. The maximum atomic E-state index is 13.7. The van der Waals surface area contributed by atoms with Gasteiger partial charge in [-0.05, 0) is 29.1 Å². The first-order valence-corrected chi connectivity index (χ1v) is 9.67. The summed E-state index contributed by atoms with van der Waals surface area (Å²) in [4.78, 5) is 13.5. The Morgan fingerprint density at radius 1 is 1.28 bits per heavy atom. The fourth-order valence-corrected chi connectivity index (χ4v) is 3.96. The average molecular weight is 424 g/mol. The van der Waals surface area contributed by atoms with Gasteiger partial charge in [0.2, 0.25) is 0 Å². The minimum atomic E-state index is -4.55. The summed E-state index contributed by atoms with van der Waals surface area (Å²) >= 11 is 1.46. The van der Waals surface area contributed by atoms with Crippen molar-refractivity contribution in [1.82, 2.24) is 15.1 Å². The van der Waals surface area contributed by atoms with Gasteiger partial charge in [-0.15, -0.1) is 11.3 Å². The van der Waals surface area contributed by atoms with Gasteiger partial charge in [-0.3, -0.25) is 4.79 Å². The highest BCUT2D eigenvalue weighted by atomic mass is 32.1. The molecule has 0 fully saturated rings. The van der Waals surface area contributed by atoms with Crippen molar-refractivity contribution in [2.75, 3.05) is 5.32 Å². The second-order valence-corrected chi connectivity index (χ2v) is 7.69. The number of thiophene rings is 1. The standard InChI is InChI=1S/C19H16F4N4OS/c20-12-5-3-11(4-6-12)15-8-16(19(21,22)23)27-17(26-15)14(10-25-27)18(28)24-9-13-2-1-7-29-13/h1-7,10,15-16,26H,8-9H2,(H,24,28)/t15-,16+/m0/s1. The molecule has 0 aliphatic carbocycles. The number of carbonyl (C=O) groups excluding carboxylic acids is 1. The summed E-state index contributed by atoms with van der Waals surface area (Å²) in [6, 6.07) is 6.31. The fourth-order valence-electron chi connectivity index (χ4n) is 3.32. The summed E-state index contributed by atoms with van der Waals surface area (Å²) < 4.78 is 55.0. The molecule has 1 aliphatic rings. The van der Waals surface area contributed by atoms with Crippen molar-refractivity contribution >= 4 is 23.1 Å². The smallest absolute Gasteiger partial charge is 0.363 e. The normalized spacial score (nSPS) is 18.8. The van der Waals surface area contributed by atoms with Crippen molar-refractivity contribution in [1.29, 1.82) is 0 Å². The molecule has 1 amide bonds. The van der Waals surface area contributed by atoms with E-state index in [2.05, 4.69) is 15.7 Å². The van der Waals surface area contributed by atoms with Crippen molar-refractivity contribution < 1.29 is 22.4 Å². The number of aromatic nitrogens is 2. The van der Waals surface area contributed by atoms with Crippen LogP contribution in [0.2, 0.25) is 0 Å². The minimum Gasteiger partial charge on any atom is -0.363 e. The molecule has 2 aromatic heterocycles. The molecule has 5 nitrogen and oxygen atoms in total. The number of amides is 1. The fraction of sp³-hybridized carbons (Fsp3) is 0.263. The van der Waals surface area contributed by atoms with Crippen LogP contribution in [0.5, 0.6) is 0 Å². The molecule has 1 aromatic carbocycles. The van der Waals surface area contributed by atoms with E-state index in [0.717, 1.165) is 15.8 Å². The van der Waals surface area contributed by atoms with E-state index >= 15 is 0 Å². The molecule has 1 aliphatic heterocycles. The summed E-state index contributed by atoms with van der Waals surface area (Å²) in [7, 11) is 0. The number of hydrogen-bond donors (Lipinski definition) is 2. The van der Waals surface area contributed by atoms with Crippen LogP contribution in [0.4, 0.5) is 23.4 Å². The van der Waals surface area contributed by atoms with E-state index in [1.165, 1.54) is 35.6 Å². The van der Waals surface area contributed by atoms with E-state index in [1.807, 2.05) is 17.5 Å². The number of fused-ring (bicyclic) bond motifs is 1. The zero-order valence-electron chi connectivity index (χ0n) is 14.9. The first-order valence-electron chi connectivity index (χ1n) is 8.79. The molecular formula is C19H16F4N4OS. The van der Waals surface area contributed by atoms with Gasteiger partial charge in [-0.25, -0.2) is 9.07 Å². The number of benzene rings is 1. The highest BCUT2D eigenvalue weighted by Gasteiger charge is 2.47. The van der Waals surface area contributed by atoms with Crippen LogP contribution in [0.15, 0.2) is 48.0 Å². The van der Waals surface area contributed by atoms with Crippen LogP contribution in [-0.2, 0) is 6.54 Å². The predicted molar refractivity (Wildman–Crippen MR) is 100 cm³/mol. The SMILES string of the molecule is O=C(NCc1cccs1)c1cnn2c1N[C@H](c1ccc(F)cc1)C[C@@H]2C(F)(F)F. The lowest BCUT2D eigenvalue weighted by atomic mass is 9.96. The molecule has 0 unspecified atom stereocenters. The second-order valence-electron chi connectivity index (χ2n) is 6.66. The lowest BCUT2D eigenvalue weighted by Crippen LogP contribution is -2.36. The van der Waals surface area contributed by atoms with Crippen LogP contribution in [0.1, 0.15) is 39.3 Å². The van der Waals surface area contributed by atoms with Crippen LogP contribution in [0.25, 0.3) is 0 Å². The quantitative estimate of drug-likeness (QED) is 0.599. The Hall–Kier alpha value is -2.88. The molecule has 29 heavy (non-hydrogen) atoms. The Balaban J connectivity index is 1.64. The van der Waals surface area contributed by atoms with Crippen LogP contribution in [0.3, 0.4) is 0 Å². The maximum absolute atomic E-state index is 13.7. The van der Waals surface area contributed by atoms with Crippen molar-refractivity contribution in [3.63, 3.8) is 0 Å². The van der Waals surface area contributed by atoms with Crippen LogP contribution < -0.4 is 10.6 Å². The van der Waals surface area contributed by atoms with Crippen LogP contribution in [-0.4, -0.2) is 21.9 Å². The number of alkyl halides is 3. The number of nitrogens with one attached hydrogen (secondary N) is 2. The van der Waals surface area contributed by atoms with E-state index in [0.29, 0.717) is 5.56 Å². The summed E-state index contributed by atoms with van der Waals surface area (Å²) in [6.07, 6.45) is -3.73. The molecule has 10 heteroatoms. The molecule has 0 saturated carbocycles. The third-order valence-corrected chi connectivity index (χ3v) is 5.64. The molecule has 2 atom stereocenters. The number of carbonyl (C=O) groups is 1. The summed E-state index contributed by atoms with van der Waals surface area (Å²) in [5, 5.41) is 11.4. The highest BCUT2D eigenvalue weighted by Crippen LogP contribution is 2.44. The summed E-state index contributed by atoms with van der Waals surface area (Å²) in [5.41, 5.74) is 0.528. The van der Waals surface area contributed by atoms with Gasteiger partial charge in [-0.2, -0.15) is 18.3 Å². The Morgan fingerprint density at radius 2 is 2.03 bits per heavy atom. The van der Waals surface area contributed by atoms with Crippen LogP contribution >= 0.6 is 11.3 Å². The number of halogens is 4. The Kier molecular flexibility index (Phi) is 5.03. The Bertz CT molecular complexity index is 998. The summed E-state index contributed by atoms with van der Waals surface area (Å²) in [6.45, 7) is 0.269. The molecule has 0 saturated heterocycles. The third kappa shape index (κ3) is 3.98. The van der Waals surface area contributed by atoms with Crippen molar-refractivity contribution in [3.8, 4) is 0 Å². The zero-order chi connectivity index (χ0) is 20.6. The van der Waals surface area contributed by atoms with E-state index in [9.17, 15) is 22.4 Å².